The summed E-state index contributed by atoms with van der Waals surface area (Å²) in [6.45, 7) is 2.63. The highest BCUT2D eigenvalue weighted by molar-refractivity contribution is 5.92. The molecule has 1 aliphatic rings. The van der Waals surface area contributed by atoms with Crippen LogP contribution in [0.2, 0.25) is 0 Å². The Labute approximate surface area is 192 Å². The Morgan fingerprint density at radius 1 is 0.909 bits per heavy atom. The van der Waals surface area contributed by atoms with E-state index in [1.165, 1.54) is 0 Å². The van der Waals surface area contributed by atoms with Crippen LogP contribution in [-0.4, -0.2) is 63.8 Å². The number of hydrogen-bond acceptors (Lipinski definition) is 6. The fourth-order valence-electron chi connectivity index (χ4n) is 3.87. The average Bonchev–Trinajstić information content (AvgIpc) is 3.39. The molecule has 1 fully saturated rings. The molecule has 5 rings (SSSR count). The number of methoxy groups -OCH3 is 1. The molecule has 4 aromatic rings. The van der Waals surface area contributed by atoms with Gasteiger partial charge in [-0.05, 0) is 36.4 Å². The van der Waals surface area contributed by atoms with Gasteiger partial charge in [0.05, 0.1) is 12.8 Å². The second-order valence-corrected chi connectivity index (χ2v) is 7.73. The van der Waals surface area contributed by atoms with Crippen molar-refractivity contribution in [2.24, 2.45) is 0 Å². The lowest BCUT2D eigenvalue weighted by Gasteiger charge is -2.35. The summed E-state index contributed by atoms with van der Waals surface area (Å²) in [5, 5.41) is 4.48. The molecule has 0 atom stereocenters. The van der Waals surface area contributed by atoms with Crippen molar-refractivity contribution < 1.29 is 9.53 Å². The number of rotatable bonds is 5. The molecule has 0 aliphatic carbocycles. The van der Waals surface area contributed by atoms with E-state index in [0.29, 0.717) is 37.7 Å². The van der Waals surface area contributed by atoms with Gasteiger partial charge in [0.15, 0.2) is 11.5 Å². The summed E-state index contributed by atoms with van der Waals surface area (Å²) >= 11 is 0. The molecule has 1 saturated heterocycles. The highest BCUT2D eigenvalue weighted by Gasteiger charge is 2.24. The third-order valence-electron chi connectivity index (χ3n) is 5.71. The molecular formula is C25H24N6O2. The van der Waals surface area contributed by atoms with Crippen LogP contribution in [0.4, 0.5) is 5.82 Å². The van der Waals surface area contributed by atoms with E-state index in [2.05, 4.69) is 15.0 Å². The number of aromatic nitrogens is 4. The summed E-state index contributed by atoms with van der Waals surface area (Å²) in [4.78, 5) is 26.2. The van der Waals surface area contributed by atoms with Crippen molar-refractivity contribution in [3.05, 3.63) is 84.8 Å². The molecule has 0 radical (unpaired) electrons. The second-order valence-electron chi connectivity index (χ2n) is 7.73. The Hall–Kier alpha value is -4.20. The van der Waals surface area contributed by atoms with Crippen LogP contribution in [0, 0.1) is 0 Å². The average molecular weight is 441 g/mol. The monoisotopic (exact) mass is 440 g/mol. The van der Waals surface area contributed by atoms with Crippen LogP contribution in [0.15, 0.2) is 79.1 Å². The highest BCUT2D eigenvalue weighted by atomic mass is 16.5. The Morgan fingerprint density at radius 2 is 1.67 bits per heavy atom. The van der Waals surface area contributed by atoms with E-state index in [0.717, 1.165) is 22.8 Å². The normalized spacial score (nSPS) is 13.7. The molecule has 33 heavy (non-hydrogen) atoms. The fraction of sp³-hybridized carbons (Fsp3) is 0.200. The first kappa shape index (κ1) is 20.7. The molecule has 2 aromatic carbocycles. The first-order valence-electron chi connectivity index (χ1n) is 10.8. The van der Waals surface area contributed by atoms with Gasteiger partial charge in [0.1, 0.15) is 11.6 Å². The van der Waals surface area contributed by atoms with E-state index in [1.54, 1.807) is 30.3 Å². The quantitative estimate of drug-likeness (QED) is 0.474. The zero-order valence-electron chi connectivity index (χ0n) is 18.3. The van der Waals surface area contributed by atoms with Crippen LogP contribution in [-0.2, 0) is 0 Å². The Balaban J connectivity index is 1.23. The van der Waals surface area contributed by atoms with Crippen LogP contribution in [0.3, 0.4) is 0 Å². The van der Waals surface area contributed by atoms with Crippen molar-refractivity contribution in [1.29, 1.82) is 0 Å². The van der Waals surface area contributed by atoms with Crippen LogP contribution in [0.1, 0.15) is 10.5 Å². The maximum atomic E-state index is 13.0. The molecule has 0 bridgehead atoms. The molecule has 2 aromatic heterocycles. The third-order valence-corrected chi connectivity index (χ3v) is 5.71. The lowest BCUT2D eigenvalue weighted by molar-refractivity contribution is 0.0740. The summed E-state index contributed by atoms with van der Waals surface area (Å²) in [7, 11) is 1.63. The van der Waals surface area contributed by atoms with Crippen molar-refractivity contribution in [3.63, 3.8) is 0 Å². The summed E-state index contributed by atoms with van der Waals surface area (Å²) in [6.07, 6.45) is 3.59. The summed E-state index contributed by atoms with van der Waals surface area (Å²) in [6, 6.07) is 21.2. The fourth-order valence-corrected chi connectivity index (χ4v) is 3.87. The molecular weight excluding hydrogens is 416 g/mol. The number of carbonyl (C=O) groups is 1. The van der Waals surface area contributed by atoms with Crippen LogP contribution < -0.4 is 9.64 Å². The van der Waals surface area contributed by atoms with Gasteiger partial charge in [0, 0.05) is 44.1 Å². The number of piperazine rings is 1. The van der Waals surface area contributed by atoms with E-state index >= 15 is 0 Å². The smallest absolute Gasteiger partial charge is 0.274 e. The van der Waals surface area contributed by atoms with Gasteiger partial charge in [-0.15, -0.1) is 0 Å². The third kappa shape index (κ3) is 4.41. The molecule has 8 heteroatoms. The molecule has 0 unspecified atom stereocenters. The number of ether oxygens (including phenoxy) is 1. The Kier molecular flexibility index (Phi) is 5.72. The number of hydrogen-bond donors (Lipinski definition) is 0. The standard InChI is InChI=1S/C25H24N6O2/c1-33-21-9-7-20(8-10-21)31-14-12-22(28-31)25(32)30-17-15-29(16-18-30)23-11-13-26-24(27-23)19-5-3-2-4-6-19/h2-14H,15-18H2,1H3. The molecule has 1 aliphatic heterocycles. The molecule has 0 saturated carbocycles. The van der Waals surface area contributed by atoms with Crippen molar-refractivity contribution in [2.75, 3.05) is 38.2 Å². The Morgan fingerprint density at radius 3 is 2.39 bits per heavy atom. The van der Waals surface area contributed by atoms with E-state index in [-0.39, 0.29) is 5.91 Å². The molecule has 0 spiro atoms. The van der Waals surface area contributed by atoms with E-state index in [1.807, 2.05) is 65.6 Å². The second kappa shape index (κ2) is 9.12. The van der Waals surface area contributed by atoms with Crippen LogP contribution >= 0.6 is 0 Å². The van der Waals surface area contributed by atoms with Gasteiger partial charge in [-0.2, -0.15) is 5.10 Å². The first-order valence-corrected chi connectivity index (χ1v) is 10.8. The molecule has 166 valence electrons. The van der Waals surface area contributed by atoms with Crippen molar-refractivity contribution in [3.8, 4) is 22.8 Å². The van der Waals surface area contributed by atoms with Crippen LogP contribution in [0.5, 0.6) is 5.75 Å². The molecule has 3 heterocycles. The van der Waals surface area contributed by atoms with Crippen molar-refractivity contribution in [2.45, 2.75) is 0 Å². The first-order chi connectivity index (χ1) is 16.2. The Bertz CT molecular complexity index is 1230. The minimum Gasteiger partial charge on any atom is -0.497 e. The number of anilines is 1. The van der Waals surface area contributed by atoms with Gasteiger partial charge in [0.2, 0.25) is 0 Å². The number of benzene rings is 2. The minimum atomic E-state index is -0.0606. The van der Waals surface area contributed by atoms with Gasteiger partial charge in [0.25, 0.3) is 5.91 Å². The number of nitrogens with zero attached hydrogens (tertiary/aromatic N) is 6. The zero-order valence-corrected chi connectivity index (χ0v) is 18.3. The van der Waals surface area contributed by atoms with E-state index < -0.39 is 0 Å². The van der Waals surface area contributed by atoms with Gasteiger partial charge in [-0.3, -0.25) is 4.79 Å². The van der Waals surface area contributed by atoms with Gasteiger partial charge >= 0.3 is 0 Å². The highest BCUT2D eigenvalue weighted by Crippen LogP contribution is 2.20. The van der Waals surface area contributed by atoms with E-state index in [9.17, 15) is 4.79 Å². The molecule has 1 amide bonds. The molecule has 8 nitrogen and oxygen atoms in total. The summed E-state index contributed by atoms with van der Waals surface area (Å²) in [5.74, 6) is 2.30. The van der Waals surface area contributed by atoms with Gasteiger partial charge in [-0.1, -0.05) is 30.3 Å². The van der Waals surface area contributed by atoms with Crippen molar-refractivity contribution in [1.82, 2.24) is 24.6 Å². The van der Waals surface area contributed by atoms with Gasteiger partial charge < -0.3 is 14.5 Å². The maximum Gasteiger partial charge on any atom is 0.274 e. The summed E-state index contributed by atoms with van der Waals surface area (Å²) in [5.41, 5.74) is 2.30. The number of amides is 1. The summed E-state index contributed by atoms with van der Waals surface area (Å²) < 4.78 is 6.90. The lowest BCUT2D eigenvalue weighted by atomic mass is 10.2. The van der Waals surface area contributed by atoms with Crippen molar-refractivity contribution >= 4 is 11.7 Å². The SMILES string of the molecule is COc1ccc(-n2ccc(C(=O)N3CCN(c4ccnc(-c5ccccc5)n4)CC3)n2)cc1. The molecule has 0 N–H and O–H groups in total. The maximum absolute atomic E-state index is 13.0. The predicted octanol–water partition coefficient (Wildman–Crippen LogP) is 3.30. The zero-order chi connectivity index (χ0) is 22.6. The largest absolute Gasteiger partial charge is 0.497 e. The van der Waals surface area contributed by atoms with E-state index in [4.69, 9.17) is 9.72 Å². The van der Waals surface area contributed by atoms with Gasteiger partial charge in [-0.25, -0.2) is 14.6 Å². The minimum absolute atomic E-state index is 0.0606. The van der Waals surface area contributed by atoms with Crippen LogP contribution in [0.25, 0.3) is 17.1 Å². The topological polar surface area (TPSA) is 76.4 Å². The predicted molar refractivity (Wildman–Crippen MR) is 126 cm³/mol. The number of carbonyl (C=O) groups excluding carboxylic acids is 1. The lowest BCUT2D eigenvalue weighted by Crippen LogP contribution is -2.49.